The molecule has 0 saturated carbocycles. The molecule has 1 rings (SSSR count). The van der Waals surface area contributed by atoms with Crippen LogP contribution in [0.2, 0.25) is 0 Å². The Labute approximate surface area is 87.0 Å². The van der Waals surface area contributed by atoms with Crippen LogP contribution in [0, 0.1) is 5.82 Å². The van der Waals surface area contributed by atoms with Crippen LogP contribution in [0.5, 0.6) is 0 Å². The van der Waals surface area contributed by atoms with E-state index in [2.05, 4.69) is 0 Å². The van der Waals surface area contributed by atoms with E-state index >= 15 is 0 Å². The number of carboxylic acid groups (broad SMARTS) is 1. The quantitative estimate of drug-likeness (QED) is 0.792. The second-order valence-electron chi connectivity index (χ2n) is 3.13. The Kier molecular flexibility index (Phi) is 4.00. The molecule has 3 N–H and O–H groups in total. The third-order valence-electron chi connectivity index (χ3n) is 1.89. The van der Waals surface area contributed by atoms with E-state index in [1.165, 1.54) is 12.1 Å². The highest BCUT2D eigenvalue weighted by atomic mass is 19.1. The van der Waals surface area contributed by atoms with Crippen molar-refractivity contribution in [3.63, 3.8) is 0 Å². The van der Waals surface area contributed by atoms with Gasteiger partial charge in [0.2, 0.25) is 0 Å². The molecule has 0 heterocycles. The number of rotatable bonds is 4. The molecule has 3 nitrogen and oxygen atoms in total. The third kappa shape index (κ3) is 3.91. The van der Waals surface area contributed by atoms with Crippen LogP contribution in [0.15, 0.2) is 30.3 Å². The summed E-state index contributed by atoms with van der Waals surface area (Å²) in [4.78, 5) is 10.4. The fourth-order valence-electron chi connectivity index (χ4n) is 1.03. The van der Waals surface area contributed by atoms with Gasteiger partial charge in [-0.2, -0.15) is 0 Å². The maximum Gasteiger partial charge on any atom is 0.320 e. The van der Waals surface area contributed by atoms with E-state index in [4.69, 9.17) is 10.8 Å². The summed E-state index contributed by atoms with van der Waals surface area (Å²) in [6.07, 6.45) is 3.63. The normalized spacial score (nSPS) is 12.9. The number of carbonyl (C=O) groups is 1. The van der Waals surface area contributed by atoms with Gasteiger partial charge in [0.05, 0.1) is 0 Å². The smallest absolute Gasteiger partial charge is 0.320 e. The van der Waals surface area contributed by atoms with Gasteiger partial charge in [-0.1, -0.05) is 24.3 Å². The molecule has 0 aliphatic heterocycles. The van der Waals surface area contributed by atoms with Crippen molar-refractivity contribution >= 4 is 12.0 Å². The summed E-state index contributed by atoms with van der Waals surface area (Å²) in [5, 5.41) is 8.51. The van der Waals surface area contributed by atoms with Crippen molar-refractivity contribution in [2.45, 2.75) is 12.5 Å². The van der Waals surface area contributed by atoms with Crippen molar-refractivity contribution in [2.75, 3.05) is 0 Å². The minimum atomic E-state index is -1.03. The average molecular weight is 209 g/mol. The highest BCUT2D eigenvalue weighted by molar-refractivity contribution is 5.73. The summed E-state index contributed by atoms with van der Waals surface area (Å²) in [6, 6.07) is 5.02. The number of hydrogen-bond acceptors (Lipinski definition) is 2. The maximum absolute atomic E-state index is 12.5. The van der Waals surface area contributed by atoms with Crippen molar-refractivity contribution in [1.29, 1.82) is 0 Å². The Balaban J connectivity index is 2.51. The Hall–Kier alpha value is -1.68. The zero-order valence-corrected chi connectivity index (χ0v) is 8.06. The van der Waals surface area contributed by atoms with Gasteiger partial charge in [0.25, 0.3) is 0 Å². The molecule has 0 radical (unpaired) electrons. The molecule has 0 amide bonds. The van der Waals surface area contributed by atoms with Gasteiger partial charge >= 0.3 is 5.97 Å². The van der Waals surface area contributed by atoms with Crippen LogP contribution in [0.3, 0.4) is 0 Å². The van der Waals surface area contributed by atoms with Crippen molar-refractivity contribution < 1.29 is 14.3 Å². The van der Waals surface area contributed by atoms with E-state index < -0.39 is 12.0 Å². The summed E-state index contributed by atoms with van der Waals surface area (Å²) in [5.74, 6) is -1.33. The van der Waals surface area contributed by atoms with Crippen molar-refractivity contribution in [2.24, 2.45) is 5.73 Å². The summed E-state index contributed by atoms with van der Waals surface area (Å²) in [6.45, 7) is 0. The summed E-state index contributed by atoms with van der Waals surface area (Å²) in [7, 11) is 0. The molecular weight excluding hydrogens is 197 g/mol. The molecule has 1 aromatic rings. The van der Waals surface area contributed by atoms with Crippen LogP contribution >= 0.6 is 0 Å². The molecule has 0 saturated heterocycles. The number of halogens is 1. The molecule has 0 bridgehead atoms. The van der Waals surface area contributed by atoms with Crippen LogP contribution in [-0.2, 0) is 4.79 Å². The second-order valence-corrected chi connectivity index (χ2v) is 3.13. The van der Waals surface area contributed by atoms with Crippen LogP contribution in [0.4, 0.5) is 4.39 Å². The maximum atomic E-state index is 12.5. The SMILES string of the molecule is N[C@@H](C/C=C/c1ccc(F)cc1)C(=O)O. The van der Waals surface area contributed by atoms with Gasteiger partial charge in [-0.25, -0.2) is 4.39 Å². The Bertz CT molecular complexity index is 359. The fraction of sp³-hybridized carbons (Fsp3) is 0.182. The highest BCUT2D eigenvalue weighted by Crippen LogP contribution is 2.05. The molecule has 0 aliphatic carbocycles. The van der Waals surface area contributed by atoms with E-state index in [0.29, 0.717) is 0 Å². The van der Waals surface area contributed by atoms with E-state index in [0.717, 1.165) is 5.56 Å². The molecule has 80 valence electrons. The van der Waals surface area contributed by atoms with E-state index in [-0.39, 0.29) is 12.2 Å². The predicted molar refractivity (Wildman–Crippen MR) is 55.7 cm³/mol. The average Bonchev–Trinajstić information content (AvgIpc) is 2.20. The van der Waals surface area contributed by atoms with Gasteiger partial charge in [0.1, 0.15) is 11.9 Å². The summed E-state index contributed by atoms with van der Waals surface area (Å²) < 4.78 is 12.5. The van der Waals surface area contributed by atoms with Crippen LogP contribution < -0.4 is 5.73 Å². The van der Waals surface area contributed by atoms with Crippen molar-refractivity contribution in [3.8, 4) is 0 Å². The molecule has 15 heavy (non-hydrogen) atoms. The lowest BCUT2D eigenvalue weighted by Crippen LogP contribution is -2.29. The molecular formula is C11H12FNO2. The van der Waals surface area contributed by atoms with Crippen molar-refractivity contribution in [1.82, 2.24) is 0 Å². The van der Waals surface area contributed by atoms with Crippen LogP contribution in [0.25, 0.3) is 6.08 Å². The molecule has 4 heteroatoms. The number of hydrogen-bond donors (Lipinski definition) is 2. The van der Waals surface area contributed by atoms with Gasteiger partial charge in [0, 0.05) is 0 Å². The van der Waals surface area contributed by atoms with Gasteiger partial charge in [-0.15, -0.1) is 0 Å². The molecule has 0 aromatic heterocycles. The monoisotopic (exact) mass is 209 g/mol. The largest absolute Gasteiger partial charge is 0.480 e. The van der Waals surface area contributed by atoms with Gasteiger partial charge in [-0.3, -0.25) is 4.79 Å². The van der Waals surface area contributed by atoms with Gasteiger partial charge in [-0.05, 0) is 24.1 Å². The molecule has 1 atom stereocenters. The lowest BCUT2D eigenvalue weighted by Gasteiger charge is -2.00. The summed E-state index contributed by atoms with van der Waals surface area (Å²) >= 11 is 0. The topological polar surface area (TPSA) is 63.3 Å². The van der Waals surface area contributed by atoms with Crippen LogP contribution in [-0.4, -0.2) is 17.1 Å². The molecule has 0 spiro atoms. The first kappa shape index (κ1) is 11.4. The van der Waals surface area contributed by atoms with Gasteiger partial charge in [0.15, 0.2) is 0 Å². The lowest BCUT2D eigenvalue weighted by molar-refractivity contribution is -0.138. The van der Waals surface area contributed by atoms with Gasteiger partial charge < -0.3 is 10.8 Å². The van der Waals surface area contributed by atoms with Crippen molar-refractivity contribution in [3.05, 3.63) is 41.7 Å². The van der Waals surface area contributed by atoms with Crippen LogP contribution in [0.1, 0.15) is 12.0 Å². The fourth-order valence-corrected chi connectivity index (χ4v) is 1.03. The summed E-state index contributed by atoms with van der Waals surface area (Å²) in [5.41, 5.74) is 6.11. The predicted octanol–water partition coefficient (Wildman–Crippen LogP) is 1.64. The zero-order chi connectivity index (χ0) is 11.3. The van der Waals surface area contributed by atoms with E-state index in [9.17, 15) is 9.18 Å². The van der Waals surface area contributed by atoms with E-state index in [1.807, 2.05) is 0 Å². The first-order valence-electron chi connectivity index (χ1n) is 4.50. The zero-order valence-electron chi connectivity index (χ0n) is 8.06. The first-order chi connectivity index (χ1) is 7.09. The second kappa shape index (κ2) is 5.26. The number of benzene rings is 1. The minimum Gasteiger partial charge on any atom is -0.480 e. The standard InChI is InChI=1S/C11H12FNO2/c12-9-6-4-8(5-7-9)2-1-3-10(13)11(14)15/h1-2,4-7,10H,3,13H2,(H,14,15)/b2-1+/t10-/m0/s1. The molecule has 0 aliphatic rings. The molecule has 0 unspecified atom stereocenters. The third-order valence-corrected chi connectivity index (χ3v) is 1.89. The minimum absolute atomic E-state index is 0.257. The first-order valence-corrected chi connectivity index (χ1v) is 4.50. The number of carboxylic acids is 1. The Morgan fingerprint density at radius 1 is 1.47 bits per heavy atom. The Morgan fingerprint density at radius 3 is 2.60 bits per heavy atom. The molecule has 1 aromatic carbocycles. The number of nitrogens with two attached hydrogens (primary N) is 1. The highest BCUT2D eigenvalue weighted by Gasteiger charge is 2.07. The lowest BCUT2D eigenvalue weighted by atomic mass is 10.1. The van der Waals surface area contributed by atoms with E-state index in [1.54, 1.807) is 24.3 Å². The number of aliphatic carboxylic acids is 1. The Morgan fingerprint density at radius 2 is 2.07 bits per heavy atom. The molecule has 0 fully saturated rings.